The molecule has 0 bridgehead atoms. The lowest BCUT2D eigenvalue weighted by Crippen LogP contribution is -2.77. The first-order valence-electron chi connectivity index (χ1n) is 7.55. The van der Waals surface area contributed by atoms with Crippen LogP contribution in [-0.4, -0.2) is 49.7 Å². The summed E-state index contributed by atoms with van der Waals surface area (Å²) in [6.45, 7) is 5.11. The normalized spacial score (nSPS) is 31.2. The van der Waals surface area contributed by atoms with Crippen molar-refractivity contribution < 1.29 is 23.9 Å². The standard InChI is InChI=1S/C15H18FN3O4S2/c1-6-4-5-7(24-6)8(17)10(20)18-15(16)12(23)19-9(11(21)22)14(2,3)25-13(15)19/h4-5,8-9,13H,17H2,1-3H3,(H,18,20)(H,21,22)/t8?,9-,13+,15?/m0/s1. The van der Waals surface area contributed by atoms with Gasteiger partial charge >= 0.3 is 5.97 Å². The van der Waals surface area contributed by atoms with Crippen LogP contribution in [0, 0.1) is 6.92 Å². The third-order valence-corrected chi connectivity index (χ3v) is 7.07. The second-order valence-corrected chi connectivity index (χ2v) is 9.71. The fraction of sp³-hybridized carbons (Fsp3) is 0.533. The van der Waals surface area contributed by atoms with Gasteiger partial charge in [0.15, 0.2) is 0 Å². The quantitative estimate of drug-likeness (QED) is 0.524. The van der Waals surface area contributed by atoms with Crippen molar-refractivity contribution in [1.29, 1.82) is 0 Å². The topological polar surface area (TPSA) is 113 Å². The summed E-state index contributed by atoms with van der Waals surface area (Å²) < 4.78 is 14.3. The number of amides is 2. The molecule has 0 aliphatic carbocycles. The van der Waals surface area contributed by atoms with Crippen LogP contribution < -0.4 is 11.1 Å². The summed E-state index contributed by atoms with van der Waals surface area (Å²) in [6, 6.07) is 1.23. The number of hydrogen-bond acceptors (Lipinski definition) is 6. The van der Waals surface area contributed by atoms with Crippen LogP contribution in [0.4, 0.5) is 4.39 Å². The van der Waals surface area contributed by atoms with Crippen molar-refractivity contribution in [1.82, 2.24) is 10.2 Å². The molecule has 2 saturated heterocycles. The Kier molecular flexibility index (Phi) is 4.12. The molecule has 4 N–H and O–H groups in total. The van der Waals surface area contributed by atoms with Gasteiger partial charge < -0.3 is 21.1 Å². The Morgan fingerprint density at radius 3 is 2.60 bits per heavy atom. The van der Waals surface area contributed by atoms with E-state index in [1.165, 1.54) is 11.3 Å². The number of nitrogens with two attached hydrogens (primary N) is 1. The van der Waals surface area contributed by atoms with E-state index in [4.69, 9.17) is 5.73 Å². The first-order valence-corrected chi connectivity index (χ1v) is 9.25. The van der Waals surface area contributed by atoms with Crippen molar-refractivity contribution in [3.05, 3.63) is 21.9 Å². The van der Waals surface area contributed by atoms with Crippen LogP contribution in [0.3, 0.4) is 0 Å². The van der Waals surface area contributed by atoms with Crippen molar-refractivity contribution in [3.8, 4) is 0 Å². The number of nitrogens with zero attached hydrogens (tertiary/aromatic N) is 1. The molecule has 10 heteroatoms. The predicted octanol–water partition coefficient (Wildman–Crippen LogP) is 0.985. The number of β-lactam (4-membered cyclic amide) rings is 1. The van der Waals surface area contributed by atoms with Gasteiger partial charge in [-0.05, 0) is 32.9 Å². The Morgan fingerprint density at radius 2 is 2.08 bits per heavy atom. The molecule has 2 unspecified atom stereocenters. The van der Waals surface area contributed by atoms with Crippen LogP contribution in [0.15, 0.2) is 12.1 Å². The molecule has 0 spiro atoms. The number of carbonyl (C=O) groups excluding carboxylic acids is 2. The zero-order valence-corrected chi connectivity index (χ0v) is 15.4. The minimum atomic E-state index is -2.65. The number of thioether (sulfide) groups is 1. The number of aliphatic carboxylic acids is 1. The summed E-state index contributed by atoms with van der Waals surface area (Å²) in [5.74, 6) is -5.71. The lowest BCUT2D eigenvalue weighted by Gasteiger charge is -2.47. The molecule has 1 aromatic rings. The number of carbonyl (C=O) groups is 3. The van der Waals surface area contributed by atoms with Gasteiger partial charge in [-0.1, -0.05) is 0 Å². The number of aryl methyl sites for hydroxylation is 1. The van der Waals surface area contributed by atoms with E-state index in [-0.39, 0.29) is 0 Å². The molecule has 2 amide bonds. The number of thiophene rings is 1. The lowest BCUT2D eigenvalue weighted by atomic mass is 9.94. The van der Waals surface area contributed by atoms with Gasteiger partial charge in [0.25, 0.3) is 11.7 Å². The van der Waals surface area contributed by atoms with E-state index >= 15 is 4.39 Å². The minimum absolute atomic E-state index is 0.560. The van der Waals surface area contributed by atoms with E-state index in [1.54, 1.807) is 26.0 Å². The third kappa shape index (κ3) is 2.63. The van der Waals surface area contributed by atoms with Crippen LogP contribution in [0.2, 0.25) is 0 Å². The summed E-state index contributed by atoms with van der Waals surface area (Å²) in [5.41, 5.74) is 5.86. The first-order chi connectivity index (χ1) is 11.5. The molecule has 136 valence electrons. The van der Waals surface area contributed by atoms with Gasteiger partial charge in [0, 0.05) is 14.5 Å². The van der Waals surface area contributed by atoms with Gasteiger partial charge in [-0.15, -0.1) is 23.1 Å². The smallest absolute Gasteiger partial charge is 0.327 e. The van der Waals surface area contributed by atoms with Crippen LogP contribution in [0.1, 0.15) is 29.6 Å². The summed E-state index contributed by atoms with van der Waals surface area (Å²) in [5, 5.41) is 10.3. The lowest BCUT2D eigenvalue weighted by molar-refractivity contribution is -0.182. The molecule has 1 aromatic heterocycles. The average molecular weight is 387 g/mol. The van der Waals surface area contributed by atoms with E-state index in [1.807, 2.05) is 6.92 Å². The average Bonchev–Trinajstić information content (AvgIpc) is 3.05. The fourth-order valence-electron chi connectivity index (χ4n) is 3.14. The van der Waals surface area contributed by atoms with Gasteiger partial charge in [-0.2, -0.15) is 0 Å². The maximum atomic E-state index is 15.2. The third-order valence-electron chi connectivity index (χ3n) is 4.38. The van der Waals surface area contributed by atoms with Crippen LogP contribution >= 0.6 is 23.1 Å². The second-order valence-electron chi connectivity index (χ2n) is 6.65. The van der Waals surface area contributed by atoms with E-state index in [9.17, 15) is 19.5 Å². The molecular formula is C15H18FN3O4S2. The molecule has 2 fully saturated rings. The van der Waals surface area contributed by atoms with Gasteiger partial charge in [-0.25, -0.2) is 9.18 Å². The highest BCUT2D eigenvalue weighted by atomic mass is 32.2. The molecular weight excluding hydrogens is 369 g/mol. The molecule has 3 heterocycles. The number of hydrogen-bond donors (Lipinski definition) is 3. The number of halogens is 1. The van der Waals surface area contributed by atoms with Crippen LogP contribution in [0.5, 0.6) is 0 Å². The fourth-order valence-corrected chi connectivity index (χ4v) is 5.59. The van der Waals surface area contributed by atoms with Crippen molar-refractivity contribution >= 4 is 40.9 Å². The van der Waals surface area contributed by atoms with Gasteiger partial charge in [0.1, 0.15) is 17.5 Å². The van der Waals surface area contributed by atoms with E-state index in [2.05, 4.69) is 5.32 Å². The summed E-state index contributed by atoms with van der Waals surface area (Å²) in [6.07, 6.45) is 0. The zero-order chi connectivity index (χ0) is 18.7. The van der Waals surface area contributed by atoms with Gasteiger partial charge in [0.2, 0.25) is 5.91 Å². The highest BCUT2D eigenvalue weighted by Crippen LogP contribution is 2.55. The second kappa shape index (κ2) is 5.68. The highest BCUT2D eigenvalue weighted by Gasteiger charge is 2.73. The molecule has 3 rings (SSSR count). The van der Waals surface area contributed by atoms with Gasteiger partial charge in [0.05, 0.1) is 0 Å². The number of carboxylic acids is 1. The van der Waals surface area contributed by atoms with Crippen LogP contribution in [-0.2, 0) is 14.4 Å². The number of fused-ring (bicyclic) bond motifs is 1. The summed E-state index contributed by atoms with van der Waals surface area (Å²) >= 11 is 2.33. The Labute approximate surface area is 151 Å². The van der Waals surface area contributed by atoms with E-state index in [0.717, 1.165) is 21.5 Å². The highest BCUT2D eigenvalue weighted by molar-refractivity contribution is 8.01. The van der Waals surface area contributed by atoms with Crippen molar-refractivity contribution in [3.63, 3.8) is 0 Å². The molecule has 0 saturated carbocycles. The summed E-state index contributed by atoms with van der Waals surface area (Å²) in [4.78, 5) is 38.5. The van der Waals surface area contributed by atoms with Crippen molar-refractivity contribution in [2.24, 2.45) is 5.73 Å². The Balaban J connectivity index is 1.79. The largest absolute Gasteiger partial charge is 0.480 e. The van der Waals surface area contributed by atoms with E-state index < -0.39 is 45.8 Å². The zero-order valence-electron chi connectivity index (χ0n) is 13.8. The van der Waals surface area contributed by atoms with Crippen molar-refractivity contribution in [2.75, 3.05) is 0 Å². The maximum absolute atomic E-state index is 15.2. The minimum Gasteiger partial charge on any atom is -0.480 e. The molecule has 4 atom stereocenters. The number of carboxylic acid groups (broad SMARTS) is 1. The maximum Gasteiger partial charge on any atom is 0.327 e. The molecule has 0 radical (unpaired) electrons. The Hall–Kier alpha value is -1.65. The SMILES string of the molecule is Cc1ccc(C(N)C(=O)NC2(F)C(=O)N3[C@@H](C(=O)O)C(C)(C)S[C@@H]32)s1. The summed E-state index contributed by atoms with van der Waals surface area (Å²) in [7, 11) is 0. The Bertz CT molecular complexity index is 768. The monoisotopic (exact) mass is 387 g/mol. The molecule has 2 aliphatic rings. The first kappa shape index (κ1) is 18.2. The number of nitrogens with one attached hydrogen (secondary N) is 1. The molecule has 0 aromatic carbocycles. The van der Waals surface area contributed by atoms with Crippen LogP contribution in [0.25, 0.3) is 0 Å². The molecule has 7 nitrogen and oxygen atoms in total. The predicted molar refractivity (Wildman–Crippen MR) is 91.7 cm³/mol. The number of alkyl halides is 1. The molecule has 2 aliphatic heterocycles. The Morgan fingerprint density at radius 1 is 1.44 bits per heavy atom. The molecule has 25 heavy (non-hydrogen) atoms. The van der Waals surface area contributed by atoms with Gasteiger partial charge in [-0.3, -0.25) is 9.59 Å². The van der Waals surface area contributed by atoms with E-state index in [0.29, 0.717) is 4.88 Å². The number of rotatable bonds is 4. The van der Waals surface area contributed by atoms with Crippen molar-refractivity contribution in [2.45, 2.75) is 48.8 Å².